The minimum Gasteiger partial charge on any atom is -0.375 e. The van der Waals surface area contributed by atoms with E-state index in [0.717, 1.165) is 43.7 Å². The van der Waals surface area contributed by atoms with Gasteiger partial charge in [-0.15, -0.1) is 0 Å². The molecule has 4 rings (SSSR count). The Morgan fingerprint density at radius 1 is 1.00 bits per heavy atom. The van der Waals surface area contributed by atoms with Gasteiger partial charge in [0.15, 0.2) is 5.82 Å². The Kier molecular flexibility index (Phi) is 11.3. The summed E-state index contributed by atoms with van der Waals surface area (Å²) in [6, 6.07) is 15.7. The minimum atomic E-state index is -0.100. The Bertz CT molecular complexity index is 1280. The first-order chi connectivity index (χ1) is 19.8. The third-order valence-electron chi connectivity index (χ3n) is 7.20. The second kappa shape index (κ2) is 15.1. The van der Waals surface area contributed by atoms with Crippen LogP contribution in [0.4, 0.5) is 5.69 Å². The second-order valence-electron chi connectivity index (χ2n) is 10.7. The number of hydrogen-bond donors (Lipinski definition) is 0. The van der Waals surface area contributed by atoms with Gasteiger partial charge in [-0.1, -0.05) is 60.9 Å². The molecule has 9 nitrogen and oxygen atoms in total. The number of anilines is 1. The number of methoxy groups -OCH3 is 1. The number of halogens is 1. The molecule has 0 atom stereocenters. The van der Waals surface area contributed by atoms with Crippen molar-refractivity contribution in [1.82, 2.24) is 19.9 Å². The summed E-state index contributed by atoms with van der Waals surface area (Å²) in [5, 5.41) is 4.73. The lowest BCUT2D eigenvalue weighted by molar-refractivity contribution is -0.132. The van der Waals surface area contributed by atoms with Gasteiger partial charge in [0, 0.05) is 75.8 Å². The van der Waals surface area contributed by atoms with E-state index in [1.54, 1.807) is 4.90 Å². The number of nitrogens with zero attached hydrogens (tertiary/aromatic N) is 5. The Morgan fingerprint density at radius 2 is 1.73 bits per heavy atom. The van der Waals surface area contributed by atoms with Crippen molar-refractivity contribution in [2.45, 2.75) is 58.5 Å². The first-order valence-corrected chi connectivity index (χ1v) is 14.7. The van der Waals surface area contributed by atoms with Crippen molar-refractivity contribution in [3.05, 3.63) is 76.4 Å². The van der Waals surface area contributed by atoms with Crippen molar-refractivity contribution in [3.63, 3.8) is 0 Å². The highest BCUT2D eigenvalue weighted by molar-refractivity contribution is 6.30. The van der Waals surface area contributed by atoms with Crippen LogP contribution < -0.4 is 4.90 Å². The van der Waals surface area contributed by atoms with E-state index in [2.05, 4.69) is 15.0 Å². The van der Waals surface area contributed by atoms with Crippen molar-refractivity contribution >= 4 is 29.1 Å². The molecular weight excluding hydrogens is 542 g/mol. The Balaban J connectivity index is 1.55. The average Bonchev–Trinajstić information content (AvgIpc) is 3.44. The first kappa shape index (κ1) is 30.7. The van der Waals surface area contributed by atoms with Crippen LogP contribution in [0.5, 0.6) is 0 Å². The average molecular weight is 582 g/mol. The number of fused-ring (bicyclic) bond motifs is 1. The maximum Gasteiger partial charge on any atom is 0.252 e. The monoisotopic (exact) mass is 581 g/mol. The summed E-state index contributed by atoms with van der Waals surface area (Å²) in [6.45, 7) is 7.96. The summed E-state index contributed by atoms with van der Waals surface area (Å²) < 4.78 is 10.6. The van der Waals surface area contributed by atoms with Crippen LogP contribution in [-0.2, 0) is 33.8 Å². The SMILES string of the molecule is COCC(=O)N1CCCN(Cc2ccc(Cl)cc2)CCCN(C(=O)CCc2nc(C(C)C)no2)Cc2ccccc21. The summed E-state index contributed by atoms with van der Waals surface area (Å²) in [4.78, 5) is 37.2. The molecule has 0 bridgehead atoms. The zero-order valence-electron chi connectivity index (χ0n) is 24.2. The van der Waals surface area contributed by atoms with Crippen LogP contribution in [0.15, 0.2) is 53.1 Å². The zero-order valence-corrected chi connectivity index (χ0v) is 25.0. The number of carbonyl (C=O) groups excluding carboxylic acids is 2. The van der Waals surface area contributed by atoms with Crippen LogP contribution in [-0.4, -0.2) is 71.7 Å². The second-order valence-corrected chi connectivity index (χ2v) is 11.2. The number of hydrogen-bond acceptors (Lipinski definition) is 7. The number of aromatic nitrogens is 2. The quantitative estimate of drug-likeness (QED) is 0.366. The fraction of sp³-hybridized carbons (Fsp3) is 0.484. The summed E-state index contributed by atoms with van der Waals surface area (Å²) in [7, 11) is 1.53. The van der Waals surface area contributed by atoms with Crippen LogP contribution in [0.1, 0.15) is 61.9 Å². The van der Waals surface area contributed by atoms with Crippen molar-refractivity contribution in [3.8, 4) is 0 Å². The van der Waals surface area contributed by atoms with Gasteiger partial charge in [0.2, 0.25) is 11.8 Å². The van der Waals surface area contributed by atoms with Crippen molar-refractivity contribution in [2.75, 3.05) is 44.8 Å². The lowest BCUT2D eigenvalue weighted by Crippen LogP contribution is -2.40. The zero-order chi connectivity index (χ0) is 29.2. The molecule has 10 heteroatoms. The number of carbonyl (C=O) groups is 2. The van der Waals surface area contributed by atoms with E-state index in [-0.39, 0.29) is 30.8 Å². The standard InChI is InChI=1S/C31H40ClN5O4/c1-23(2)31-33-28(41-34-31)14-15-29(38)36-18-6-16-35(20-24-10-12-26(32)13-11-24)17-7-19-37(30(39)22-40-3)27-9-5-4-8-25(27)21-36/h4-5,8-13,23H,6-7,14-22H2,1-3H3. The van der Waals surface area contributed by atoms with Crippen LogP contribution in [0.3, 0.4) is 0 Å². The van der Waals surface area contributed by atoms with Crippen LogP contribution in [0.25, 0.3) is 0 Å². The van der Waals surface area contributed by atoms with E-state index < -0.39 is 0 Å². The molecule has 2 heterocycles. The minimum absolute atomic E-state index is 0.00594. The van der Waals surface area contributed by atoms with Gasteiger partial charge in [0.25, 0.3) is 5.91 Å². The predicted octanol–water partition coefficient (Wildman–Crippen LogP) is 5.08. The summed E-state index contributed by atoms with van der Waals surface area (Å²) in [5.41, 5.74) is 2.92. The largest absolute Gasteiger partial charge is 0.375 e. The van der Waals surface area contributed by atoms with Gasteiger partial charge in [-0.3, -0.25) is 14.5 Å². The fourth-order valence-corrected chi connectivity index (χ4v) is 5.14. The molecule has 2 amide bonds. The third-order valence-corrected chi connectivity index (χ3v) is 7.45. The summed E-state index contributed by atoms with van der Waals surface area (Å²) in [5.74, 6) is 1.20. The van der Waals surface area contributed by atoms with Gasteiger partial charge < -0.3 is 19.1 Å². The lowest BCUT2D eigenvalue weighted by Gasteiger charge is -2.31. The van der Waals surface area contributed by atoms with Gasteiger partial charge >= 0.3 is 0 Å². The predicted molar refractivity (Wildman–Crippen MR) is 159 cm³/mol. The number of para-hydroxylation sites is 1. The molecule has 0 aliphatic carbocycles. The molecular formula is C31H40ClN5O4. The van der Waals surface area contributed by atoms with Gasteiger partial charge in [-0.25, -0.2) is 0 Å². The molecule has 0 N–H and O–H groups in total. The van der Waals surface area contributed by atoms with E-state index in [4.69, 9.17) is 20.9 Å². The number of rotatable bonds is 8. The smallest absolute Gasteiger partial charge is 0.252 e. The Hall–Kier alpha value is -3.27. The number of amides is 2. The van der Waals surface area contributed by atoms with Crippen molar-refractivity contribution in [2.24, 2.45) is 0 Å². The van der Waals surface area contributed by atoms with Crippen LogP contribution >= 0.6 is 11.6 Å². The molecule has 0 saturated carbocycles. The molecule has 0 spiro atoms. The summed E-state index contributed by atoms with van der Waals surface area (Å²) >= 11 is 6.10. The highest BCUT2D eigenvalue weighted by Crippen LogP contribution is 2.25. The molecule has 41 heavy (non-hydrogen) atoms. The molecule has 0 saturated heterocycles. The lowest BCUT2D eigenvalue weighted by atomic mass is 10.1. The van der Waals surface area contributed by atoms with Crippen molar-refractivity contribution in [1.29, 1.82) is 0 Å². The van der Waals surface area contributed by atoms with Crippen LogP contribution in [0.2, 0.25) is 5.02 Å². The van der Waals surface area contributed by atoms with E-state index in [1.807, 2.05) is 67.3 Å². The maximum absolute atomic E-state index is 13.6. The highest BCUT2D eigenvalue weighted by atomic mass is 35.5. The molecule has 1 aliphatic rings. The van der Waals surface area contributed by atoms with Gasteiger partial charge in [0.1, 0.15) is 6.61 Å². The van der Waals surface area contributed by atoms with E-state index in [9.17, 15) is 9.59 Å². The number of aryl methyl sites for hydroxylation is 1. The van der Waals surface area contributed by atoms with Crippen LogP contribution in [0, 0.1) is 0 Å². The molecule has 1 aromatic heterocycles. The first-order valence-electron chi connectivity index (χ1n) is 14.3. The molecule has 0 radical (unpaired) electrons. The molecule has 1 aliphatic heterocycles. The number of benzene rings is 2. The van der Waals surface area contributed by atoms with Gasteiger partial charge in [-0.2, -0.15) is 4.98 Å². The van der Waals surface area contributed by atoms with Gasteiger partial charge in [-0.05, 0) is 42.2 Å². The highest BCUT2D eigenvalue weighted by Gasteiger charge is 2.23. The number of ether oxygens (including phenoxy) is 1. The summed E-state index contributed by atoms with van der Waals surface area (Å²) in [6.07, 6.45) is 2.29. The Morgan fingerprint density at radius 3 is 2.44 bits per heavy atom. The van der Waals surface area contributed by atoms with E-state index >= 15 is 0 Å². The van der Waals surface area contributed by atoms with E-state index in [0.29, 0.717) is 42.8 Å². The molecule has 0 fully saturated rings. The Labute approximate surface area is 247 Å². The fourth-order valence-electron chi connectivity index (χ4n) is 5.02. The van der Waals surface area contributed by atoms with Crippen molar-refractivity contribution < 1.29 is 18.8 Å². The topological polar surface area (TPSA) is 92.0 Å². The third kappa shape index (κ3) is 8.86. The van der Waals surface area contributed by atoms with Gasteiger partial charge in [0.05, 0.1) is 0 Å². The van der Waals surface area contributed by atoms with E-state index in [1.165, 1.54) is 12.7 Å². The molecule has 220 valence electrons. The molecule has 3 aromatic rings. The maximum atomic E-state index is 13.6. The molecule has 2 aromatic carbocycles. The normalized spacial score (nSPS) is 15.3. The molecule has 0 unspecified atom stereocenters.